The highest BCUT2D eigenvalue weighted by atomic mass is 16.3. The van der Waals surface area contributed by atoms with E-state index in [9.17, 15) is 9.90 Å². The number of anilines is 1. The lowest BCUT2D eigenvalue weighted by molar-refractivity contribution is -0.122. The van der Waals surface area contributed by atoms with Gasteiger partial charge in [0.1, 0.15) is 11.8 Å². The Morgan fingerprint density at radius 1 is 0.935 bits per heavy atom. The minimum absolute atomic E-state index is 0.117. The number of aromatic nitrogens is 4. The average molecular weight is 416 g/mol. The van der Waals surface area contributed by atoms with E-state index in [2.05, 4.69) is 25.6 Å². The Morgan fingerprint density at radius 2 is 1.61 bits per heavy atom. The molecule has 1 atom stereocenters. The molecule has 0 aliphatic rings. The summed E-state index contributed by atoms with van der Waals surface area (Å²) < 4.78 is 1.73. The molecular weight excluding hydrogens is 392 g/mol. The van der Waals surface area contributed by atoms with Crippen LogP contribution in [0.25, 0.3) is 11.2 Å². The van der Waals surface area contributed by atoms with E-state index in [4.69, 9.17) is 0 Å². The maximum absolute atomic E-state index is 12.4. The summed E-state index contributed by atoms with van der Waals surface area (Å²) in [4.78, 5) is 25.5. The zero-order valence-electron chi connectivity index (χ0n) is 17.0. The van der Waals surface area contributed by atoms with Crippen molar-refractivity contribution in [3.8, 4) is 0 Å². The first-order chi connectivity index (χ1) is 15.2. The van der Waals surface area contributed by atoms with Crippen LogP contribution in [0.5, 0.6) is 0 Å². The average Bonchev–Trinajstić information content (AvgIpc) is 3.26. The van der Waals surface area contributed by atoms with E-state index in [0.717, 1.165) is 11.1 Å². The SMILES string of the molecule is O=C(C[C@@H](CO)n1cnc2c(NCc3ccccc3)ncnc21)NCc1ccccc1. The zero-order chi connectivity index (χ0) is 21.5. The molecule has 0 saturated heterocycles. The molecular formula is C23H24N6O2. The van der Waals surface area contributed by atoms with Gasteiger partial charge in [0.25, 0.3) is 0 Å². The standard InChI is InChI=1S/C23H24N6O2/c30-14-19(11-20(31)24-12-17-7-3-1-4-8-17)29-16-28-21-22(26-15-27-23(21)29)25-13-18-9-5-2-6-10-18/h1-10,15-16,19,30H,11-14H2,(H,24,31)(H,25,26,27)/t19-/m0/s1. The largest absolute Gasteiger partial charge is 0.394 e. The smallest absolute Gasteiger partial charge is 0.222 e. The molecule has 0 fully saturated rings. The molecule has 31 heavy (non-hydrogen) atoms. The van der Waals surface area contributed by atoms with Crippen LogP contribution in [0.15, 0.2) is 73.3 Å². The van der Waals surface area contributed by atoms with Crippen LogP contribution in [-0.4, -0.2) is 37.1 Å². The summed E-state index contributed by atoms with van der Waals surface area (Å²) in [6, 6.07) is 19.2. The molecule has 0 radical (unpaired) electrons. The third-order valence-corrected chi connectivity index (χ3v) is 5.02. The Morgan fingerprint density at radius 3 is 2.29 bits per heavy atom. The van der Waals surface area contributed by atoms with Crippen LogP contribution in [0.2, 0.25) is 0 Å². The van der Waals surface area contributed by atoms with E-state index in [1.807, 2.05) is 60.7 Å². The second-order valence-corrected chi connectivity index (χ2v) is 7.19. The number of nitrogens with zero attached hydrogens (tertiary/aromatic N) is 4. The highest BCUT2D eigenvalue weighted by molar-refractivity contribution is 5.83. The van der Waals surface area contributed by atoms with Crippen LogP contribution in [0.1, 0.15) is 23.6 Å². The second kappa shape index (κ2) is 9.82. The molecule has 2 heterocycles. The number of aliphatic hydroxyl groups excluding tert-OH is 1. The van der Waals surface area contributed by atoms with Gasteiger partial charge in [-0.05, 0) is 11.1 Å². The lowest BCUT2D eigenvalue weighted by Gasteiger charge is -2.16. The fourth-order valence-corrected chi connectivity index (χ4v) is 3.36. The lowest BCUT2D eigenvalue weighted by Crippen LogP contribution is -2.27. The molecule has 2 aromatic carbocycles. The molecule has 2 aromatic heterocycles. The molecule has 4 aromatic rings. The van der Waals surface area contributed by atoms with E-state index < -0.39 is 6.04 Å². The fourth-order valence-electron chi connectivity index (χ4n) is 3.36. The number of rotatable bonds is 9. The van der Waals surface area contributed by atoms with Gasteiger partial charge in [-0.3, -0.25) is 4.79 Å². The van der Waals surface area contributed by atoms with Crippen LogP contribution >= 0.6 is 0 Å². The quantitative estimate of drug-likeness (QED) is 0.387. The molecule has 0 unspecified atom stereocenters. The molecule has 4 rings (SSSR count). The molecule has 3 N–H and O–H groups in total. The number of carbonyl (C=O) groups is 1. The Hall–Kier alpha value is -3.78. The maximum atomic E-state index is 12.4. The highest BCUT2D eigenvalue weighted by Crippen LogP contribution is 2.22. The summed E-state index contributed by atoms with van der Waals surface area (Å²) in [6.07, 6.45) is 3.17. The molecule has 0 spiro atoms. The summed E-state index contributed by atoms with van der Waals surface area (Å²) in [5.74, 6) is 0.457. The Bertz CT molecular complexity index is 1130. The predicted octanol–water partition coefficient (Wildman–Crippen LogP) is 2.68. The third-order valence-electron chi connectivity index (χ3n) is 5.02. The minimum atomic E-state index is -0.474. The summed E-state index contributed by atoms with van der Waals surface area (Å²) in [5.41, 5.74) is 3.31. The van der Waals surface area contributed by atoms with Crippen LogP contribution < -0.4 is 10.6 Å². The monoisotopic (exact) mass is 416 g/mol. The van der Waals surface area contributed by atoms with Crippen molar-refractivity contribution in [2.75, 3.05) is 11.9 Å². The van der Waals surface area contributed by atoms with Crippen LogP contribution in [-0.2, 0) is 17.9 Å². The van der Waals surface area contributed by atoms with Crippen molar-refractivity contribution < 1.29 is 9.90 Å². The molecule has 0 aliphatic heterocycles. The van der Waals surface area contributed by atoms with Gasteiger partial charge in [0.05, 0.1) is 19.0 Å². The van der Waals surface area contributed by atoms with Crippen LogP contribution in [0.4, 0.5) is 5.82 Å². The number of carbonyl (C=O) groups excluding carboxylic acids is 1. The number of benzene rings is 2. The maximum Gasteiger partial charge on any atom is 0.222 e. The number of hydrogen-bond donors (Lipinski definition) is 3. The van der Waals surface area contributed by atoms with Gasteiger partial charge >= 0.3 is 0 Å². The number of amides is 1. The molecule has 8 nitrogen and oxygen atoms in total. The summed E-state index contributed by atoms with van der Waals surface area (Å²) in [5, 5.41) is 16.1. The van der Waals surface area contributed by atoms with E-state index in [-0.39, 0.29) is 18.9 Å². The summed E-state index contributed by atoms with van der Waals surface area (Å²) in [6.45, 7) is 0.838. The molecule has 8 heteroatoms. The molecule has 158 valence electrons. The number of fused-ring (bicyclic) bond motifs is 1. The van der Waals surface area contributed by atoms with Crippen LogP contribution in [0, 0.1) is 0 Å². The van der Waals surface area contributed by atoms with E-state index >= 15 is 0 Å². The van der Waals surface area contributed by atoms with Gasteiger partial charge in [-0.25, -0.2) is 15.0 Å². The molecule has 0 saturated carbocycles. The number of imidazole rings is 1. The summed E-state index contributed by atoms with van der Waals surface area (Å²) in [7, 11) is 0. The predicted molar refractivity (Wildman–Crippen MR) is 118 cm³/mol. The van der Waals surface area contributed by atoms with Crippen LogP contribution in [0.3, 0.4) is 0 Å². The number of aliphatic hydroxyl groups is 1. The van der Waals surface area contributed by atoms with Crippen molar-refractivity contribution in [2.45, 2.75) is 25.6 Å². The number of hydrogen-bond acceptors (Lipinski definition) is 6. The van der Waals surface area contributed by atoms with Gasteiger partial charge in [0.15, 0.2) is 11.5 Å². The Balaban J connectivity index is 1.45. The Kier molecular flexibility index (Phi) is 6.49. The minimum Gasteiger partial charge on any atom is -0.394 e. The van der Waals surface area contributed by atoms with Crippen molar-refractivity contribution in [1.82, 2.24) is 24.8 Å². The van der Waals surface area contributed by atoms with E-state index in [1.54, 1.807) is 10.9 Å². The normalized spacial score (nSPS) is 11.9. The fraction of sp³-hybridized carbons (Fsp3) is 0.217. The van der Waals surface area contributed by atoms with Gasteiger partial charge in [0, 0.05) is 19.5 Å². The van der Waals surface area contributed by atoms with E-state index in [0.29, 0.717) is 30.1 Å². The first kappa shape index (κ1) is 20.5. The van der Waals surface area contributed by atoms with Gasteiger partial charge in [-0.2, -0.15) is 0 Å². The molecule has 1 amide bonds. The first-order valence-electron chi connectivity index (χ1n) is 10.1. The van der Waals surface area contributed by atoms with Crippen molar-refractivity contribution in [3.63, 3.8) is 0 Å². The topological polar surface area (TPSA) is 105 Å². The van der Waals surface area contributed by atoms with Crippen molar-refractivity contribution in [3.05, 3.63) is 84.4 Å². The summed E-state index contributed by atoms with van der Waals surface area (Å²) >= 11 is 0. The molecule has 0 bridgehead atoms. The van der Waals surface area contributed by atoms with Crippen molar-refractivity contribution >= 4 is 22.9 Å². The van der Waals surface area contributed by atoms with E-state index in [1.165, 1.54) is 6.33 Å². The van der Waals surface area contributed by atoms with Gasteiger partial charge in [-0.15, -0.1) is 0 Å². The van der Waals surface area contributed by atoms with Crippen molar-refractivity contribution in [1.29, 1.82) is 0 Å². The second-order valence-electron chi connectivity index (χ2n) is 7.19. The third kappa shape index (κ3) is 5.04. The zero-order valence-corrected chi connectivity index (χ0v) is 17.0. The van der Waals surface area contributed by atoms with Gasteiger partial charge in [0.2, 0.25) is 5.91 Å². The van der Waals surface area contributed by atoms with Gasteiger partial charge in [-0.1, -0.05) is 60.7 Å². The lowest BCUT2D eigenvalue weighted by atomic mass is 10.2. The Labute approximate surface area is 180 Å². The first-order valence-corrected chi connectivity index (χ1v) is 10.1. The number of nitrogens with one attached hydrogen (secondary N) is 2. The van der Waals surface area contributed by atoms with Crippen molar-refractivity contribution in [2.24, 2.45) is 0 Å². The highest BCUT2D eigenvalue weighted by Gasteiger charge is 2.19. The van der Waals surface area contributed by atoms with Gasteiger partial charge < -0.3 is 20.3 Å². The molecule has 0 aliphatic carbocycles.